The van der Waals surface area contributed by atoms with Crippen molar-refractivity contribution >= 4 is 28.1 Å². The Bertz CT molecular complexity index is 818. The minimum atomic E-state index is -1.19. The maximum atomic E-state index is 11.0. The van der Waals surface area contributed by atoms with Crippen molar-refractivity contribution in [3.63, 3.8) is 0 Å². The standard InChI is InChI=1S/C15H11N3O3S/c19-13-5-4-9(7-10(13)14(20)21)17-15-18-12(8-22-15)11-3-1-2-6-16-11/h1-8,19H,(H,17,18)(H,20,21). The molecule has 6 nitrogen and oxygen atoms in total. The third kappa shape index (κ3) is 2.89. The molecule has 2 aromatic heterocycles. The molecule has 0 aliphatic carbocycles. The second-order valence-electron chi connectivity index (χ2n) is 4.41. The molecule has 7 heteroatoms. The van der Waals surface area contributed by atoms with Crippen LogP contribution < -0.4 is 5.32 Å². The highest BCUT2D eigenvalue weighted by molar-refractivity contribution is 7.14. The summed E-state index contributed by atoms with van der Waals surface area (Å²) < 4.78 is 0. The lowest BCUT2D eigenvalue weighted by atomic mass is 10.2. The zero-order valence-corrected chi connectivity index (χ0v) is 12.0. The average molecular weight is 313 g/mol. The maximum Gasteiger partial charge on any atom is 0.339 e. The number of rotatable bonds is 4. The van der Waals surface area contributed by atoms with Gasteiger partial charge in [0.2, 0.25) is 0 Å². The first-order valence-electron chi connectivity index (χ1n) is 6.34. The summed E-state index contributed by atoms with van der Waals surface area (Å²) in [7, 11) is 0. The summed E-state index contributed by atoms with van der Waals surface area (Å²) in [4.78, 5) is 19.6. The number of carbonyl (C=O) groups is 1. The van der Waals surface area contributed by atoms with Crippen LogP contribution >= 0.6 is 11.3 Å². The summed E-state index contributed by atoms with van der Waals surface area (Å²) >= 11 is 1.39. The zero-order valence-electron chi connectivity index (χ0n) is 11.2. The number of phenols is 1. The van der Waals surface area contributed by atoms with Gasteiger partial charge in [0.15, 0.2) is 5.13 Å². The van der Waals surface area contributed by atoms with E-state index in [1.165, 1.54) is 23.5 Å². The van der Waals surface area contributed by atoms with Crippen LogP contribution in [0.5, 0.6) is 5.75 Å². The summed E-state index contributed by atoms with van der Waals surface area (Å²) in [5.74, 6) is -1.46. The smallest absolute Gasteiger partial charge is 0.339 e. The number of anilines is 2. The van der Waals surface area contributed by atoms with Gasteiger partial charge in [-0.2, -0.15) is 0 Å². The average Bonchev–Trinajstić information content (AvgIpc) is 2.98. The number of aromatic hydroxyl groups is 1. The van der Waals surface area contributed by atoms with E-state index < -0.39 is 5.97 Å². The van der Waals surface area contributed by atoms with Crippen molar-refractivity contribution < 1.29 is 15.0 Å². The SMILES string of the molecule is O=C(O)c1cc(Nc2nc(-c3ccccn3)cs2)ccc1O. The van der Waals surface area contributed by atoms with E-state index in [2.05, 4.69) is 15.3 Å². The normalized spacial score (nSPS) is 10.4. The van der Waals surface area contributed by atoms with E-state index in [0.29, 0.717) is 10.8 Å². The highest BCUT2D eigenvalue weighted by Crippen LogP contribution is 2.28. The molecule has 3 rings (SSSR count). The summed E-state index contributed by atoms with van der Waals surface area (Å²) in [5.41, 5.74) is 1.89. The minimum Gasteiger partial charge on any atom is -0.507 e. The van der Waals surface area contributed by atoms with Crippen molar-refractivity contribution in [1.29, 1.82) is 0 Å². The Kier molecular flexibility index (Phi) is 3.71. The van der Waals surface area contributed by atoms with Gasteiger partial charge in [-0.15, -0.1) is 11.3 Å². The number of hydrogen-bond donors (Lipinski definition) is 3. The number of aromatic nitrogens is 2. The molecule has 2 heterocycles. The van der Waals surface area contributed by atoms with Crippen molar-refractivity contribution in [3.8, 4) is 17.1 Å². The third-order valence-electron chi connectivity index (χ3n) is 2.91. The van der Waals surface area contributed by atoms with Gasteiger partial charge >= 0.3 is 5.97 Å². The fourth-order valence-corrected chi connectivity index (χ4v) is 2.60. The molecule has 0 fully saturated rings. The van der Waals surface area contributed by atoms with Crippen LogP contribution in [0.4, 0.5) is 10.8 Å². The van der Waals surface area contributed by atoms with Crippen molar-refractivity contribution in [1.82, 2.24) is 9.97 Å². The Morgan fingerprint density at radius 1 is 1.18 bits per heavy atom. The lowest BCUT2D eigenvalue weighted by Crippen LogP contribution is -1.98. The van der Waals surface area contributed by atoms with Gasteiger partial charge in [-0.3, -0.25) is 4.98 Å². The van der Waals surface area contributed by atoms with E-state index in [1.54, 1.807) is 12.3 Å². The highest BCUT2D eigenvalue weighted by Gasteiger charge is 2.11. The zero-order chi connectivity index (χ0) is 15.5. The Hall–Kier alpha value is -2.93. The fraction of sp³-hybridized carbons (Fsp3) is 0. The van der Waals surface area contributed by atoms with Gasteiger partial charge in [-0.05, 0) is 30.3 Å². The predicted octanol–water partition coefficient (Wildman–Crippen LogP) is 3.35. The number of pyridine rings is 1. The van der Waals surface area contributed by atoms with Gasteiger partial charge in [0, 0.05) is 17.3 Å². The van der Waals surface area contributed by atoms with E-state index in [0.717, 1.165) is 11.4 Å². The third-order valence-corrected chi connectivity index (χ3v) is 3.67. The number of nitrogens with zero attached hydrogens (tertiary/aromatic N) is 2. The molecule has 0 saturated carbocycles. The molecule has 0 amide bonds. The molecule has 1 aromatic carbocycles. The first kappa shape index (κ1) is 14.0. The second-order valence-corrected chi connectivity index (χ2v) is 5.27. The Morgan fingerprint density at radius 2 is 2.05 bits per heavy atom. The minimum absolute atomic E-state index is 0.161. The molecule has 110 valence electrons. The number of benzene rings is 1. The first-order chi connectivity index (χ1) is 10.6. The molecule has 0 saturated heterocycles. The first-order valence-corrected chi connectivity index (χ1v) is 7.22. The van der Waals surface area contributed by atoms with Crippen molar-refractivity contribution in [2.75, 3.05) is 5.32 Å². The quantitative estimate of drug-likeness (QED) is 0.639. The van der Waals surface area contributed by atoms with Crippen molar-refractivity contribution in [3.05, 3.63) is 53.5 Å². The van der Waals surface area contributed by atoms with Crippen LogP contribution in [-0.4, -0.2) is 26.2 Å². The van der Waals surface area contributed by atoms with E-state index in [9.17, 15) is 9.90 Å². The fourth-order valence-electron chi connectivity index (χ4n) is 1.87. The largest absolute Gasteiger partial charge is 0.507 e. The molecule has 0 atom stereocenters. The molecule has 0 radical (unpaired) electrons. The molecule has 3 aromatic rings. The number of nitrogens with one attached hydrogen (secondary N) is 1. The predicted molar refractivity (Wildman–Crippen MR) is 83.7 cm³/mol. The molecule has 0 unspecified atom stereocenters. The van der Waals surface area contributed by atoms with Crippen LogP contribution in [0.15, 0.2) is 48.0 Å². The van der Waals surface area contributed by atoms with Gasteiger partial charge in [0.05, 0.1) is 5.69 Å². The highest BCUT2D eigenvalue weighted by atomic mass is 32.1. The topological polar surface area (TPSA) is 95.3 Å². The number of carboxylic acids is 1. The van der Waals surface area contributed by atoms with Crippen LogP contribution in [0, 0.1) is 0 Å². The molecular weight excluding hydrogens is 302 g/mol. The van der Waals surface area contributed by atoms with Crippen molar-refractivity contribution in [2.45, 2.75) is 0 Å². The van der Waals surface area contributed by atoms with Gasteiger partial charge in [-0.25, -0.2) is 9.78 Å². The van der Waals surface area contributed by atoms with E-state index in [1.807, 2.05) is 23.6 Å². The molecule has 0 bridgehead atoms. The lowest BCUT2D eigenvalue weighted by molar-refractivity contribution is 0.0694. The summed E-state index contributed by atoms with van der Waals surface area (Å²) in [5, 5.41) is 24.0. The maximum absolute atomic E-state index is 11.0. The number of carboxylic acid groups (broad SMARTS) is 1. The van der Waals surface area contributed by atoms with E-state index in [-0.39, 0.29) is 11.3 Å². The number of hydrogen-bond acceptors (Lipinski definition) is 6. The molecule has 0 aliphatic heterocycles. The molecule has 3 N–H and O–H groups in total. The van der Waals surface area contributed by atoms with Gasteiger partial charge < -0.3 is 15.5 Å². The summed E-state index contributed by atoms with van der Waals surface area (Å²) in [6, 6.07) is 9.86. The molecular formula is C15H11N3O3S. The summed E-state index contributed by atoms with van der Waals surface area (Å²) in [6.45, 7) is 0. The second kappa shape index (κ2) is 5.82. The van der Waals surface area contributed by atoms with Gasteiger partial charge in [0.1, 0.15) is 17.0 Å². The van der Waals surface area contributed by atoms with Crippen molar-refractivity contribution in [2.24, 2.45) is 0 Å². The Balaban J connectivity index is 1.84. The lowest BCUT2D eigenvalue weighted by Gasteiger charge is -2.05. The molecule has 22 heavy (non-hydrogen) atoms. The Morgan fingerprint density at radius 3 is 2.77 bits per heavy atom. The van der Waals surface area contributed by atoms with Crippen LogP contribution in [-0.2, 0) is 0 Å². The number of aromatic carboxylic acids is 1. The monoisotopic (exact) mass is 313 g/mol. The molecule has 0 spiro atoms. The van der Waals surface area contributed by atoms with Crippen LogP contribution in [0.1, 0.15) is 10.4 Å². The Labute approximate surface area is 129 Å². The molecule has 0 aliphatic rings. The summed E-state index contributed by atoms with van der Waals surface area (Å²) in [6.07, 6.45) is 1.70. The van der Waals surface area contributed by atoms with E-state index in [4.69, 9.17) is 5.11 Å². The van der Waals surface area contributed by atoms with E-state index >= 15 is 0 Å². The van der Waals surface area contributed by atoms with Crippen LogP contribution in [0.25, 0.3) is 11.4 Å². The van der Waals surface area contributed by atoms with Crippen LogP contribution in [0.2, 0.25) is 0 Å². The van der Waals surface area contributed by atoms with Gasteiger partial charge in [-0.1, -0.05) is 6.07 Å². The number of thiazole rings is 1. The van der Waals surface area contributed by atoms with Gasteiger partial charge in [0.25, 0.3) is 0 Å². The van der Waals surface area contributed by atoms with Crippen LogP contribution in [0.3, 0.4) is 0 Å².